The third-order valence-electron chi connectivity index (χ3n) is 5.40. The molecule has 35 heavy (non-hydrogen) atoms. The molecule has 0 radical (unpaired) electrons. The summed E-state index contributed by atoms with van der Waals surface area (Å²) in [6.07, 6.45) is 1.52. The number of carbonyl (C=O) groups excluding carboxylic acids is 3. The molecule has 184 valence electrons. The Morgan fingerprint density at radius 3 is 2.23 bits per heavy atom. The van der Waals surface area contributed by atoms with Crippen LogP contribution in [0.2, 0.25) is 0 Å². The van der Waals surface area contributed by atoms with Crippen molar-refractivity contribution in [1.82, 2.24) is 9.80 Å². The molecule has 1 saturated heterocycles. The first-order valence-electron chi connectivity index (χ1n) is 11.4. The van der Waals surface area contributed by atoms with Crippen molar-refractivity contribution in [2.75, 3.05) is 31.6 Å². The number of benzene rings is 2. The lowest BCUT2D eigenvalue weighted by Crippen LogP contribution is -2.55. The molecular formula is C26H29N3O5S. The van der Waals surface area contributed by atoms with Gasteiger partial charge in [0.2, 0.25) is 0 Å². The van der Waals surface area contributed by atoms with Crippen LogP contribution in [0, 0.1) is 6.92 Å². The van der Waals surface area contributed by atoms with Gasteiger partial charge in [-0.2, -0.15) is 0 Å². The highest BCUT2D eigenvalue weighted by molar-refractivity contribution is 7.80. The Labute approximate surface area is 210 Å². The number of hydrogen-bond donors (Lipinski definition) is 1. The molecule has 8 nitrogen and oxygen atoms in total. The van der Waals surface area contributed by atoms with Crippen LogP contribution < -0.4 is 14.8 Å². The van der Waals surface area contributed by atoms with E-state index in [0.717, 1.165) is 11.3 Å². The second-order valence-electron chi connectivity index (χ2n) is 7.73. The standard InChI is InChI=1S/C26H29N3O5S/c1-5-28-24(31)19(25(32)29(6-2)26(28)35)14-18-12-13-21(22(15-18)33-7-3)34-16-23(30)27-20-11-9-8-10-17(20)4/h8-15H,5-7,16H2,1-4H3,(H,27,30). The summed E-state index contributed by atoms with van der Waals surface area (Å²) in [4.78, 5) is 41.0. The SMILES string of the molecule is CCOc1cc(C=C2C(=O)N(CC)C(=S)N(CC)C2=O)ccc1OCC(=O)Nc1ccccc1C. The van der Waals surface area contributed by atoms with Gasteiger partial charge in [0, 0.05) is 18.8 Å². The summed E-state index contributed by atoms with van der Waals surface area (Å²) in [5.41, 5.74) is 2.28. The van der Waals surface area contributed by atoms with Gasteiger partial charge in [-0.1, -0.05) is 24.3 Å². The van der Waals surface area contributed by atoms with Crippen LogP contribution in [0.15, 0.2) is 48.0 Å². The average Bonchev–Trinajstić information content (AvgIpc) is 2.83. The third-order valence-corrected chi connectivity index (χ3v) is 5.84. The Kier molecular flexibility index (Phi) is 8.59. The number of thiocarbonyl (C=S) groups is 1. The maximum absolute atomic E-state index is 12.9. The fourth-order valence-electron chi connectivity index (χ4n) is 3.59. The number of aryl methyl sites for hydroxylation is 1. The van der Waals surface area contributed by atoms with E-state index in [-0.39, 0.29) is 23.2 Å². The van der Waals surface area contributed by atoms with Crippen molar-refractivity contribution >= 4 is 46.8 Å². The van der Waals surface area contributed by atoms with E-state index in [9.17, 15) is 14.4 Å². The first kappa shape index (κ1) is 25.9. The number of hydrogen-bond acceptors (Lipinski definition) is 6. The van der Waals surface area contributed by atoms with Crippen molar-refractivity contribution < 1.29 is 23.9 Å². The van der Waals surface area contributed by atoms with E-state index in [4.69, 9.17) is 21.7 Å². The quantitative estimate of drug-likeness (QED) is 0.324. The molecule has 0 aromatic heterocycles. The van der Waals surface area contributed by atoms with Crippen LogP contribution in [0.4, 0.5) is 5.69 Å². The lowest BCUT2D eigenvalue weighted by molar-refractivity contribution is -0.133. The lowest BCUT2D eigenvalue weighted by atomic mass is 10.1. The molecule has 0 atom stereocenters. The topological polar surface area (TPSA) is 88.2 Å². The van der Waals surface area contributed by atoms with Gasteiger partial charge in [-0.3, -0.25) is 24.2 Å². The van der Waals surface area contributed by atoms with Crippen LogP contribution in [0.5, 0.6) is 11.5 Å². The number of ether oxygens (including phenoxy) is 2. The molecule has 0 bridgehead atoms. The molecule has 9 heteroatoms. The van der Waals surface area contributed by atoms with Crippen LogP contribution in [0.1, 0.15) is 31.9 Å². The smallest absolute Gasteiger partial charge is 0.265 e. The second-order valence-corrected chi connectivity index (χ2v) is 8.10. The van der Waals surface area contributed by atoms with Crippen LogP contribution in [0.25, 0.3) is 6.08 Å². The molecular weight excluding hydrogens is 466 g/mol. The van der Waals surface area contributed by atoms with E-state index < -0.39 is 11.8 Å². The number of rotatable bonds is 9. The Hall–Kier alpha value is -3.72. The lowest BCUT2D eigenvalue weighted by Gasteiger charge is -2.35. The van der Waals surface area contributed by atoms with E-state index in [1.54, 1.807) is 32.0 Å². The number of para-hydroxylation sites is 1. The molecule has 1 heterocycles. The maximum atomic E-state index is 12.9. The van der Waals surface area contributed by atoms with Crippen molar-refractivity contribution in [3.63, 3.8) is 0 Å². The predicted octanol–water partition coefficient (Wildman–Crippen LogP) is 3.79. The molecule has 1 fully saturated rings. The first-order valence-corrected chi connectivity index (χ1v) is 11.9. The number of carbonyl (C=O) groups is 3. The molecule has 1 aliphatic heterocycles. The van der Waals surface area contributed by atoms with Gasteiger partial charge in [0.1, 0.15) is 5.57 Å². The molecule has 3 amide bonds. The molecule has 1 aliphatic rings. The van der Waals surface area contributed by atoms with Crippen LogP contribution in [0.3, 0.4) is 0 Å². The van der Waals surface area contributed by atoms with Crippen molar-refractivity contribution in [2.24, 2.45) is 0 Å². The Bertz CT molecular complexity index is 1150. The molecule has 0 unspecified atom stereocenters. The van der Waals surface area contributed by atoms with Gasteiger partial charge >= 0.3 is 0 Å². The summed E-state index contributed by atoms with van der Waals surface area (Å²) in [6, 6.07) is 12.5. The molecule has 0 aliphatic carbocycles. The summed E-state index contributed by atoms with van der Waals surface area (Å²) in [5, 5.41) is 3.03. The van der Waals surface area contributed by atoms with E-state index in [1.165, 1.54) is 15.9 Å². The van der Waals surface area contributed by atoms with Gasteiger partial charge in [-0.05, 0) is 75.3 Å². The zero-order valence-electron chi connectivity index (χ0n) is 20.3. The van der Waals surface area contributed by atoms with Crippen LogP contribution >= 0.6 is 12.2 Å². The van der Waals surface area contributed by atoms with Gasteiger partial charge in [0.05, 0.1) is 6.61 Å². The fourth-order valence-corrected chi connectivity index (χ4v) is 4.02. The Morgan fingerprint density at radius 2 is 1.63 bits per heavy atom. The summed E-state index contributed by atoms with van der Waals surface area (Å²) < 4.78 is 11.4. The van der Waals surface area contributed by atoms with Crippen molar-refractivity contribution in [3.8, 4) is 11.5 Å². The maximum Gasteiger partial charge on any atom is 0.265 e. The highest BCUT2D eigenvalue weighted by atomic mass is 32.1. The Morgan fingerprint density at radius 1 is 0.971 bits per heavy atom. The number of likely N-dealkylation sites (N-methyl/N-ethyl adjacent to an activating group) is 2. The number of nitrogens with zero attached hydrogens (tertiary/aromatic N) is 2. The van der Waals surface area contributed by atoms with Crippen molar-refractivity contribution in [2.45, 2.75) is 27.7 Å². The monoisotopic (exact) mass is 495 g/mol. The van der Waals surface area contributed by atoms with Crippen LogP contribution in [-0.2, 0) is 14.4 Å². The minimum absolute atomic E-state index is 0.0241. The molecule has 2 aromatic carbocycles. The van der Waals surface area contributed by atoms with Gasteiger partial charge in [-0.15, -0.1) is 0 Å². The fraction of sp³-hybridized carbons (Fsp3) is 0.308. The first-order chi connectivity index (χ1) is 16.8. The summed E-state index contributed by atoms with van der Waals surface area (Å²) in [6.45, 7) is 8.23. The van der Waals surface area contributed by atoms with Gasteiger partial charge in [0.15, 0.2) is 23.2 Å². The van der Waals surface area contributed by atoms with Gasteiger partial charge in [0.25, 0.3) is 17.7 Å². The molecule has 3 rings (SSSR count). The molecule has 0 saturated carbocycles. The van der Waals surface area contributed by atoms with Gasteiger partial charge < -0.3 is 14.8 Å². The summed E-state index contributed by atoms with van der Waals surface area (Å²) in [7, 11) is 0. The number of anilines is 1. The van der Waals surface area contributed by atoms with Crippen molar-refractivity contribution in [1.29, 1.82) is 0 Å². The van der Waals surface area contributed by atoms with E-state index in [2.05, 4.69) is 5.32 Å². The molecule has 0 spiro atoms. The molecule has 1 N–H and O–H groups in total. The minimum atomic E-state index is -0.432. The van der Waals surface area contributed by atoms with Crippen LogP contribution in [-0.4, -0.2) is 58.9 Å². The summed E-state index contributed by atoms with van der Waals surface area (Å²) >= 11 is 5.30. The second kappa shape index (κ2) is 11.6. The average molecular weight is 496 g/mol. The number of nitrogens with one attached hydrogen (secondary N) is 1. The van der Waals surface area contributed by atoms with E-state index in [0.29, 0.717) is 36.8 Å². The largest absolute Gasteiger partial charge is 0.490 e. The number of amides is 3. The van der Waals surface area contributed by atoms with Gasteiger partial charge in [-0.25, -0.2) is 0 Å². The highest BCUT2D eigenvalue weighted by Crippen LogP contribution is 2.30. The van der Waals surface area contributed by atoms with Crippen molar-refractivity contribution in [3.05, 3.63) is 59.2 Å². The zero-order chi connectivity index (χ0) is 25.5. The van der Waals surface area contributed by atoms with E-state index >= 15 is 0 Å². The zero-order valence-corrected chi connectivity index (χ0v) is 21.1. The minimum Gasteiger partial charge on any atom is -0.490 e. The third kappa shape index (κ3) is 5.86. The normalized spacial score (nSPS) is 13.7. The Balaban J connectivity index is 1.81. The highest BCUT2D eigenvalue weighted by Gasteiger charge is 2.37. The van der Waals surface area contributed by atoms with E-state index in [1.807, 2.05) is 38.1 Å². The molecule has 2 aromatic rings. The predicted molar refractivity (Wildman–Crippen MR) is 138 cm³/mol. The summed E-state index contributed by atoms with van der Waals surface area (Å²) in [5.74, 6) is -0.392.